The van der Waals surface area contributed by atoms with Crippen LogP contribution in [0.5, 0.6) is 5.75 Å². The number of methoxy groups -OCH3 is 1. The lowest BCUT2D eigenvalue weighted by molar-refractivity contribution is -0.116. The highest BCUT2D eigenvalue weighted by atomic mass is 16.5. The molecule has 0 radical (unpaired) electrons. The molecule has 0 atom stereocenters. The van der Waals surface area contributed by atoms with Gasteiger partial charge >= 0.3 is 0 Å². The first-order valence-corrected chi connectivity index (χ1v) is 9.03. The van der Waals surface area contributed by atoms with E-state index in [0.29, 0.717) is 23.9 Å². The number of rotatable bonds is 6. The van der Waals surface area contributed by atoms with Crippen molar-refractivity contribution in [3.8, 4) is 17.3 Å². The van der Waals surface area contributed by atoms with Gasteiger partial charge in [-0.25, -0.2) is 0 Å². The Morgan fingerprint density at radius 2 is 1.93 bits per heavy atom. The molecule has 0 saturated carbocycles. The predicted molar refractivity (Wildman–Crippen MR) is 106 cm³/mol. The van der Waals surface area contributed by atoms with E-state index < -0.39 is 0 Å². The van der Waals surface area contributed by atoms with Gasteiger partial charge in [0.15, 0.2) is 0 Å². The summed E-state index contributed by atoms with van der Waals surface area (Å²) in [5, 5.41) is 12.1. The molecule has 0 aliphatic heterocycles. The van der Waals surface area contributed by atoms with Crippen molar-refractivity contribution in [1.82, 2.24) is 14.8 Å². The van der Waals surface area contributed by atoms with Gasteiger partial charge in [-0.15, -0.1) is 10.2 Å². The van der Waals surface area contributed by atoms with E-state index in [0.717, 1.165) is 22.3 Å². The van der Waals surface area contributed by atoms with Crippen LogP contribution in [-0.4, -0.2) is 27.8 Å². The van der Waals surface area contributed by atoms with Gasteiger partial charge in [-0.3, -0.25) is 4.79 Å². The number of carbonyl (C=O) groups is 1. The topological polar surface area (TPSA) is 82.2 Å². The number of hydrogen-bond acceptors (Lipinski definition) is 5. The lowest BCUT2D eigenvalue weighted by atomic mass is 10.2. The highest BCUT2D eigenvalue weighted by Gasteiger charge is 2.18. The summed E-state index contributed by atoms with van der Waals surface area (Å²) in [5.41, 5.74) is 2.35. The van der Waals surface area contributed by atoms with Gasteiger partial charge in [0.2, 0.25) is 11.8 Å². The molecule has 0 saturated heterocycles. The summed E-state index contributed by atoms with van der Waals surface area (Å²) in [6, 6.07) is 17.0. The summed E-state index contributed by atoms with van der Waals surface area (Å²) in [6.07, 6.45) is 0.658. The lowest BCUT2D eigenvalue weighted by Gasteiger charge is -2.10. The second-order valence-electron chi connectivity index (χ2n) is 6.31. The number of carbonyl (C=O) groups excluding carboxylic acids is 1. The standard InChI is InChI=1S/C21H20N4O3/c1-3-20-23-24-21(28-20)18-12-14-6-4-5-7-17(14)25(18)13-19(26)22-15-8-10-16(27-2)11-9-15/h4-12H,3,13H2,1-2H3,(H,22,26). The molecule has 4 rings (SSSR count). The zero-order valence-corrected chi connectivity index (χ0v) is 15.7. The Morgan fingerprint density at radius 1 is 1.14 bits per heavy atom. The third-order valence-electron chi connectivity index (χ3n) is 4.47. The number of anilines is 1. The number of amides is 1. The normalized spacial score (nSPS) is 10.9. The van der Waals surface area contributed by atoms with Crippen molar-refractivity contribution in [3.63, 3.8) is 0 Å². The van der Waals surface area contributed by atoms with Gasteiger partial charge in [0, 0.05) is 23.0 Å². The minimum Gasteiger partial charge on any atom is -0.497 e. The number of fused-ring (bicyclic) bond motifs is 1. The second kappa shape index (κ2) is 7.56. The molecule has 28 heavy (non-hydrogen) atoms. The van der Waals surface area contributed by atoms with Gasteiger partial charge in [0.25, 0.3) is 5.89 Å². The predicted octanol–water partition coefficient (Wildman–Crippen LogP) is 3.90. The van der Waals surface area contributed by atoms with E-state index in [2.05, 4.69) is 15.5 Å². The van der Waals surface area contributed by atoms with E-state index in [1.165, 1.54) is 0 Å². The first-order valence-electron chi connectivity index (χ1n) is 9.03. The molecule has 0 spiro atoms. The van der Waals surface area contributed by atoms with Crippen molar-refractivity contribution in [2.24, 2.45) is 0 Å². The van der Waals surface area contributed by atoms with Crippen molar-refractivity contribution < 1.29 is 13.9 Å². The molecule has 0 fully saturated rings. The number of nitrogens with one attached hydrogen (secondary N) is 1. The molecular formula is C21H20N4O3. The van der Waals surface area contributed by atoms with Crippen LogP contribution in [-0.2, 0) is 17.8 Å². The molecule has 0 unspecified atom stereocenters. The molecule has 4 aromatic rings. The van der Waals surface area contributed by atoms with Crippen LogP contribution in [0.25, 0.3) is 22.5 Å². The van der Waals surface area contributed by atoms with Gasteiger partial charge in [-0.05, 0) is 36.4 Å². The lowest BCUT2D eigenvalue weighted by Crippen LogP contribution is -2.19. The first kappa shape index (κ1) is 17.8. The first-order chi connectivity index (χ1) is 13.7. The average molecular weight is 376 g/mol. The van der Waals surface area contributed by atoms with Crippen LogP contribution in [0, 0.1) is 0 Å². The van der Waals surface area contributed by atoms with E-state index in [1.807, 2.05) is 41.8 Å². The van der Waals surface area contributed by atoms with E-state index in [1.54, 1.807) is 31.4 Å². The van der Waals surface area contributed by atoms with E-state index >= 15 is 0 Å². The van der Waals surface area contributed by atoms with Gasteiger partial charge in [0.05, 0.1) is 7.11 Å². The fourth-order valence-electron chi connectivity index (χ4n) is 3.08. The molecule has 142 valence electrons. The van der Waals surface area contributed by atoms with Crippen LogP contribution in [0.2, 0.25) is 0 Å². The Balaban J connectivity index is 1.64. The SMILES string of the molecule is CCc1nnc(-c2cc3ccccc3n2CC(=O)Nc2ccc(OC)cc2)o1. The van der Waals surface area contributed by atoms with Crippen molar-refractivity contribution in [3.05, 3.63) is 60.5 Å². The van der Waals surface area contributed by atoms with Crippen molar-refractivity contribution in [2.45, 2.75) is 19.9 Å². The molecule has 7 heteroatoms. The minimum absolute atomic E-state index is 0.124. The van der Waals surface area contributed by atoms with Crippen LogP contribution in [0.15, 0.2) is 59.0 Å². The molecule has 2 heterocycles. The number of aromatic nitrogens is 3. The van der Waals surface area contributed by atoms with Crippen LogP contribution in [0.1, 0.15) is 12.8 Å². The van der Waals surface area contributed by atoms with E-state index in [9.17, 15) is 4.79 Å². The molecular weight excluding hydrogens is 356 g/mol. The highest BCUT2D eigenvalue weighted by Crippen LogP contribution is 2.28. The zero-order valence-electron chi connectivity index (χ0n) is 15.7. The Kier molecular flexibility index (Phi) is 4.80. The molecule has 1 N–H and O–H groups in total. The largest absolute Gasteiger partial charge is 0.497 e. The Bertz CT molecular complexity index is 1110. The summed E-state index contributed by atoms with van der Waals surface area (Å²) in [6.45, 7) is 2.08. The monoisotopic (exact) mass is 376 g/mol. The Hall–Kier alpha value is -3.61. The number of ether oxygens (including phenoxy) is 1. The number of nitrogens with zero attached hydrogens (tertiary/aromatic N) is 3. The average Bonchev–Trinajstić information content (AvgIpc) is 3.33. The van der Waals surface area contributed by atoms with Crippen LogP contribution in [0.3, 0.4) is 0 Å². The molecule has 0 bridgehead atoms. The zero-order chi connectivity index (χ0) is 19.5. The molecule has 7 nitrogen and oxygen atoms in total. The quantitative estimate of drug-likeness (QED) is 0.552. The summed E-state index contributed by atoms with van der Waals surface area (Å²) in [7, 11) is 1.60. The van der Waals surface area contributed by atoms with Gasteiger partial charge in [-0.1, -0.05) is 25.1 Å². The van der Waals surface area contributed by atoms with E-state index in [-0.39, 0.29) is 12.5 Å². The third kappa shape index (κ3) is 3.46. The van der Waals surface area contributed by atoms with Gasteiger partial charge in [0.1, 0.15) is 18.0 Å². The van der Waals surface area contributed by atoms with Crippen LogP contribution in [0.4, 0.5) is 5.69 Å². The van der Waals surface area contributed by atoms with Crippen LogP contribution >= 0.6 is 0 Å². The fraction of sp³-hybridized carbons (Fsp3) is 0.190. The minimum atomic E-state index is -0.150. The Morgan fingerprint density at radius 3 is 2.64 bits per heavy atom. The third-order valence-corrected chi connectivity index (χ3v) is 4.47. The number of para-hydroxylation sites is 1. The van der Waals surface area contributed by atoms with Crippen LogP contribution < -0.4 is 10.1 Å². The smallest absolute Gasteiger partial charge is 0.264 e. The fourth-order valence-corrected chi connectivity index (χ4v) is 3.08. The number of benzene rings is 2. The highest BCUT2D eigenvalue weighted by molar-refractivity contribution is 5.93. The molecule has 2 aromatic heterocycles. The maximum absolute atomic E-state index is 12.7. The van der Waals surface area contributed by atoms with Crippen molar-refractivity contribution >= 4 is 22.5 Å². The number of hydrogen-bond donors (Lipinski definition) is 1. The maximum atomic E-state index is 12.7. The van der Waals surface area contributed by atoms with Crippen molar-refractivity contribution in [2.75, 3.05) is 12.4 Å². The number of aryl methyl sites for hydroxylation is 1. The second-order valence-corrected chi connectivity index (χ2v) is 6.31. The molecule has 1 amide bonds. The van der Waals surface area contributed by atoms with Gasteiger partial charge in [-0.2, -0.15) is 0 Å². The van der Waals surface area contributed by atoms with E-state index in [4.69, 9.17) is 9.15 Å². The molecule has 2 aromatic carbocycles. The van der Waals surface area contributed by atoms with Crippen molar-refractivity contribution in [1.29, 1.82) is 0 Å². The maximum Gasteiger partial charge on any atom is 0.264 e. The Labute approximate surface area is 161 Å². The van der Waals surface area contributed by atoms with Gasteiger partial charge < -0.3 is 19.0 Å². The molecule has 0 aliphatic carbocycles. The summed E-state index contributed by atoms with van der Waals surface area (Å²) >= 11 is 0. The summed E-state index contributed by atoms with van der Waals surface area (Å²) < 4.78 is 12.8. The summed E-state index contributed by atoms with van der Waals surface area (Å²) in [4.78, 5) is 12.7. The summed E-state index contributed by atoms with van der Waals surface area (Å²) in [5.74, 6) is 1.56. The molecule has 0 aliphatic rings.